The zero-order valence-electron chi connectivity index (χ0n) is 14.2. The van der Waals surface area contributed by atoms with E-state index in [1.54, 1.807) is 0 Å². The van der Waals surface area contributed by atoms with E-state index in [-0.39, 0.29) is 5.41 Å². The lowest BCUT2D eigenvalue weighted by Crippen LogP contribution is -2.22. The second-order valence-electron chi connectivity index (χ2n) is 6.69. The molecule has 1 N–H and O–H groups in total. The molecule has 3 nitrogen and oxygen atoms in total. The third kappa shape index (κ3) is 5.77. The van der Waals surface area contributed by atoms with Gasteiger partial charge in [-0.1, -0.05) is 26.0 Å². The molecule has 0 heterocycles. The molecule has 0 saturated carbocycles. The van der Waals surface area contributed by atoms with E-state index >= 15 is 0 Å². The fourth-order valence-electron chi connectivity index (χ4n) is 2.16. The molecule has 0 radical (unpaired) electrons. The lowest BCUT2D eigenvalue weighted by Gasteiger charge is -2.18. The van der Waals surface area contributed by atoms with Crippen LogP contribution in [-0.2, 0) is 6.54 Å². The molecule has 0 atom stereocenters. The molecule has 0 aliphatic heterocycles. The maximum atomic E-state index is 9.03. The van der Waals surface area contributed by atoms with Gasteiger partial charge in [0, 0.05) is 12.6 Å². The fraction of sp³-hybridized carbons (Fsp3) is 0.611. The number of aryl methyl sites for hydroxylation is 2. The minimum absolute atomic E-state index is 0.330. The van der Waals surface area contributed by atoms with Crippen LogP contribution in [0, 0.1) is 30.6 Å². The van der Waals surface area contributed by atoms with Crippen LogP contribution in [0.15, 0.2) is 12.1 Å². The van der Waals surface area contributed by atoms with Crippen molar-refractivity contribution in [3.8, 4) is 11.8 Å². The van der Waals surface area contributed by atoms with Crippen LogP contribution in [0.3, 0.4) is 0 Å². The van der Waals surface area contributed by atoms with E-state index in [9.17, 15) is 0 Å². The number of ether oxygens (including phenoxy) is 1. The molecule has 3 heteroatoms. The highest BCUT2D eigenvalue weighted by atomic mass is 16.5. The van der Waals surface area contributed by atoms with Gasteiger partial charge in [-0.05, 0) is 50.8 Å². The Morgan fingerprint density at radius 1 is 1.24 bits per heavy atom. The molecule has 0 aliphatic rings. The van der Waals surface area contributed by atoms with Crippen LogP contribution in [0.5, 0.6) is 5.75 Å². The summed E-state index contributed by atoms with van der Waals surface area (Å²) in [4.78, 5) is 0. The van der Waals surface area contributed by atoms with Crippen molar-refractivity contribution in [2.24, 2.45) is 5.41 Å². The third-order valence-corrected chi connectivity index (χ3v) is 3.51. The van der Waals surface area contributed by atoms with Gasteiger partial charge in [-0.15, -0.1) is 0 Å². The van der Waals surface area contributed by atoms with Gasteiger partial charge < -0.3 is 10.1 Å². The predicted molar refractivity (Wildman–Crippen MR) is 87.4 cm³/mol. The van der Waals surface area contributed by atoms with Gasteiger partial charge in [-0.3, -0.25) is 0 Å². The molecule has 1 aromatic rings. The van der Waals surface area contributed by atoms with E-state index in [2.05, 4.69) is 51.2 Å². The summed E-state index contributed by atoms with van der Waals surface area (Å²) >= 11 is 0. The van der Waals surface area contributed by atoms with Gasteiger partial charge in [0.2, 0.25) is 0 Å². The molecular formula is C18H28N2O. The number of hydrogen-bond donors (Lipinski definition) is 1. The Morgan fingerprint density at radius 2 is 1.81 bits per heavy atom. The Morgan fingerprint density at radius 3 is 2.29 bits per heavy atom. The summed E-state index contributed by atoms with van der Waals surface area (Å²) in [5, 5.41) is 12.5. The maximum absolute atomic E-state index is 9.03. The molecule has 21 heavy (non-hydrogen) atoms. The summed E-state index contributed by atoms with van der Waals surface area (Å²) in [7, 11) is 0. The van der Waals surface area contributed by atoms with Gasteiger partial charge in [0.05, 0.1) is 18.1 Å². The number of hydrogen-bond acceptors (Lipinski definition) is 3. The molecule has 0 bridgehead atoms. The molecule has 0 unspecified atom stereocenters. The zero-order chi connectivity index (χ0) is 16.0. The second-order valence-corrected chi connectivity index (χ2v) is 6.69. The van der Waals surface area contributed by atoms with E-state index in [1.165, 1.54) is 5.56 Å². The highest BCUT2D eigenvalue weighted by Gasteiger charge is 2.17. The highest BCUT2D eigenvalue weighted by Crippen LogP contribution is 2.26. The van der Waals surface area contributed by atoms with Crippen LogP contribution in [0.2, 0.25) is 0 Å². The van der Waals surface area contributed by atoms with Gasteiger partial charge in [-0.25, -0.2) is 0 Å². The summed E-state index contributed by atoms with van der Waals surface area (Å²) in [6.45, 7) is 13.8. The molecule has 0 amide bonds. The Labute approximate surface area is 129 Å². The number of nitrogens with zero attached hydrogens (tertiary/aromatic N) is 1. The average molecular weight is 288 g/mol. The monoisotopic (exact) mass is 288 g/mol. The summed E-state index contributed by atoms with van der Waals surface area (Å²) in [6, 6.07) is 7.13. The quantitative estimate of drug-likeness (QED) is 0.821. The first-order valence-corrected chi connectivity index (χ1v) is 7.63. The van der Waals surface area contributed by atoms with Crippen LogP contribution in [0.4, 0.5) is 0 Å². The van der Waals surface area contributed by atoms with E-state index in [0.717, 1.165) is 29.8 Å². The lowest BCUT2D eigenvalue weighted by atomic mass is 9.92. The van der Waals surface area contributed by atoms with Crippen molar-refractivity contribution in [1.82, 2.24) is 5.32 Å². The predicted octanol–water partition coefficient (Wildman–Crippen LogP) is 4.12. The minimum Gasteiger partial charge on any atom is -0.493 e. The van der Waals surface area contributed by atoms with Crippen LogP contribution in [0.1, 0.15) is 50.8 Å². The topological polar surface area (TPSA) is 45.0 Å². The van der Waals surface area contributed by atoms with E-state index in [1.807, 2.05) is 13.8 Å². The summed E-state index contributed by atoms with van der Waals surface area (Å²) < 4.78 is 5.91. The first-order chi connectivity index (χ1) is 9.75. The van der Waals surface area contributed by atoms with Crippen LogP contribution < -0.4 is 10.1 Å². The summed E-state index contributed by atoms with van der Waals surface area (Å²) in [5.74, 6) is 0.956. The first-order valence-electron chi connectivity index (χ1n) is 7.63. The van der Waals surface area contributed by atoms with Crippen molar-refractivity contribution in [1.29, 1.82) is 5.26 Å². The van der Waals surface area contributed by atoms with E-state index in [0.29, 0.717) is 12.6 Å². The number of benzene rings is 1. The van der Waals surface area contributed by atoms with Crippen LogP contribution >= 0.6 is 0 Å². The Bertz CT molecular complexity index is 489. The summed E-state index contributed by atoms with van der Waals surface area (Å²) in [5.41, 5.74) is 3.27. The van der Waals surface area contributed by atoms with E-state index in [4.69, 9.17) is 10.00 Å². The minimum atomic E-state index is -0.330. The molecule has 0 fully saturated rings. The third-order valence-electron chi connectivity index (χ3n) is 3.51. The first kappa shape index (κ1) is 17.5. The standard InChI is InChI=1S/C18H28N2O/c1-13(2)20-11-16-9-14(3)17(15(4)10-16)21-8-7-18(5,6)12-19/h9-10,13,20H,7-8,11H2,1-6H3. The van der Waals surface area contributed by atoms with Gasteiger partial charge >= 0.3 is 0 Å². The van der Waals surface area contributed by atoms with Crippen molar-refractivity contribution in [3.05, 3.63) is 28.8 Å². The Kier molecular flexibility index (Phi) is 6.23. The molecule has 0 aliphatic carbocycles. The number of rotatable bonds is 7. The Hall–Kier alpha value is -1.53. The largest absolute Gasteiger partial charge is 0.493 e. The van der Waals surface area contributed by atoms with Crippen molar-refractivity contribution in [2.45, 2.75) is 60.5 Å². The molecule has 1 rings (SSSR count). The van der Waals surface area contributed by atoms with Gasteiger partial charge in [0.1, 0.15) is 5.75 Å². The molecule has 1 aromatic carbocycles. The van der Waals surface area contributed by atoms with Crippen molar-refractivity contribution < 1.29 is 4.74 Å². The molecule has 0 spiro atoms. The van der Waals surface area contributed by atoms with Crippen LogP contribution in [-0.4, -0.2) is 12.6 Å². The van der Waals surface area contributed by atoms with Gasteiger partial charge in [-0.2, -0.15) is 5.26 Å². The smallest absolute Gasteiger partial charge is 0.125 e. The van der Waals surface area contributed by atoms with Crippen molar-refractivity contribution in [3.63, 3.8) is 0 Å². The van der Waals surface area contributed by atoms with Crippen molar-refractivity contribution >= 4 is 0 Å². The van der Waals surface area contributed by atoms with Gasteiger partial charge in [0.25, 0.3) is 0 Å². The number of nitriles is 1. The second kappa shape index (κ2) is 7.47. The number of nitrogens with one attached hydrogen (secondary N) is 1. The van der Waals surface area contributed by atoms with Crippen LogP contribution in [0.25, 0.3) is 0 Å². The molecule has 0 saturated heterocycles. The highest BCUT2D eigenvalue weighted by molar-refractivity contribution is 5.43. The molecular weight excluding hydrogens is 260 g/mol. The fourth-order valence-corrected chi connectivity index (χ4v) is 2.16. The van der Waals surface area contributed by atoms with Gasteiger partial charge in [0.15, 0.2) is 0 Å². The molecule has 116 valence electrons. The SMILES string of the molecule is Cc1cc(CNC(C)C)cc(C)c1OCCC(C)(C)C#N. The van der Waals surface area contributed by atoms with Crippen molar-refractivity contribution in [2.75, 3.05) is 6.61 Å². The Balaban J connectivity index is 2.70. The zero-order valence-corrected chi connectivity index (χ0v) is 14.2. The lowest BCUT2D eigenvalue weighted by molar-refractivity contribution is 0.261. The normalized spacial score (nSPS) is 11.5. The average Bonchev–Trinajstić information content (AvgIpc) is 2.39. The summed E-state index contributed by atoms with van der Waals surface area (Å²) in [6.07, 6.45) is 0.735. The maximum Gasteiger partial charge on any atom is 0.125 e. The van der Waals surface area contributed by atoms with E-state index < -0.39 is 0 Å². The molecule has 0 aromatic heterocycles.